The first-order valence-corrected chi connectivity index (χ1v) is 5.19. The topological polar surface area (TPSA) is 55.2 Å². The molecule has 1 aliphatic carbocycles. The lowest BCUT2D eigenvalue weighted by Gasteiger charge is -2.14. The predicted octanol–water partition coefficient (Wildman–Crippen LogP) is 2.03. The summed E-state index contributed by atoms with van der Waals surface area (Å²) in [5, 5.41) is 13.9. The summed E-state index contributed by atoms with van der Waals surface area (Å²) in [4.78, 5) is 10.3. The van der Waals surface area contributed by atoms with Crippen molar-refractivity contribution in [3.63, 3.8) is 0 Å². The Morgan fingerprint density at radius 2 is 2.25 bits per heavy atom. The maximum atomic E-state index is 13.6. The van der Waals surface area contributed by atoms with E-state index in [1.165, 1.54) is 18.2 Å². The number of hydrogen-bond acceptors (Lipinski definition) is 3. The third-order valence-corrected chi connectivity index (χ3v) is 3.19. The van der Waals surface area contributed by atoms with Gasteiger partial charge in [0.25, 0.3) is 5.69 Å². The highest BCUT2D eigenvalue weighted by Gasteiger charge is 2.43. The van der Waals surface area contributed by atoms with Gasteiger partial charge in [-0.1, -0.05) is 6.07 Å². The van der Waals surface area contributed by atoms with Gasteiger partial charge in [0.15, 0.2) is 0 Å². The molecule has 4 nitrogen and oxygen atoms in total. The number of rotatable bonds is 4. The van der Waals surface area contributed by atoms with Crippen LogP contribution in [-0.2, 0) is 6.42 Å². The van der Waals surface area contributed by atoms with Gasteiger partial charge in [0.1, 0.15) is 5.82 Å². The Bertz CT molecular complexity index is 430. The van der Waals surface area contributed by atoms with Gasteiger partial charge in [0.05, 0.1) is 10.5 Å². The number of benzene rings is 1. The highest BCUT2D eigenvalue weighted by Crippen LogP contribution is 2.40. The lowest BCUT2D eigenvalue weighted by Crippen LogP contribution is -2.30. The Kier molecular flexibility index (Phi) is 2.63. The van der Waals surface area contributed by atoms with Crippen molar-refractivity contribution in [1.29, 1.82) is 0 Å². The second-order valence-electron chi connectivity index (χ2n) is 4.20. The van der Waals surface area contributed by atoms with Gasteiger partial charge in [-0.25, -0.2) is 4.39 Å². The van der Waals surface area contributed by atoms with Crippen LogP contribution in [0.4, 0.5) is 10.1 Å². The molecule has 1 aliphatic rings. The Hall–Kier alpha value is -1.49. The van der Waals surface area contributed by atoms with E-state index in [0.29, 0.717) is 6.42 Å². The minimum absolute atomic E-state index is 0.124. The maximum Gasteiger partial charge on any atom is 0.275 e. The van der Waals surface area contributed by atoms with Crippen LogP contribution in [0.5, 0.6) is 0 Å². The molecule has 16 heavy (non-hydrogen) atoms. The first-order valence-electron chi connectivity index (χ1n) is 5.19. The highest BCUT2D eigenvalue weighted by atomic mass is 19.1. The molecule has 1 aromatic rings. The van der Waals surface area contributed by atoms with Gasteiger partial charge in [-0.15, -0.1) is 0 Å². The van der Waals surface area contributed by atoms with Crippen molar-refractivity contribution in [3.05, 3.63) is 39.7 Å². The van der Waals surface area contributed by atoms with Crippen LogP contribution >= 0.6 is 0 Å². The summed E-state index contributed by atoms with van der Waals surface area (Å²) in [5.74, 6) is -0.490. The first kappa shape index (κ1) is 11.0. The molecule has 0 heterocycles. The van der Waals surface area contributed by atoms with Gasteiger partial charge < -0.3 is 5.32 Å². The first-order chi connectivity index (χ1) is 7.58. The number of nitro groups is 1. The molecule has 0 bridgehead atoms. The monoisotopic (exact) mass is 224 g/mol. The predicted molar refractivity (Wildman–Crippen MR) is 57.8 cm³/mol. The minimum Gasteiger partial charge on any atom is -0.314 e. The standard InChI is InChI=1S/C11H13FN2O2/c1-13-11(5-6-11)7-8-9(12)3-2-4-10(8)14(15)16/h2-4,13H,5-7H2,1H3. The Morgan fingerprint density at radius 1 is 1.56 bits per heavy atom. The van der Waals surface area contributed by atoms with Gasteiger partial charge in [-0.2, -0.15) is 0 Å². The SMILES string of the molecule is CNC1(Cc2c(F)cccc2[N+](=O)[O-])CC1. The molecule has 0 amide bonds. The van der Waals surface area contributed by atoms with E-state index in [1.54, 1.807) is 7.05 Å². The third kappa shape index (κ3) is 1.90. The van der Waals surface area contributed by atoms with Crippen molar-refractivity contribution in [3.8, 4) is 0 Å². The number of nitrogens with one attached hydrogen (secondary N) is 1. The van der Waals surface area contributed by atoms with E-state index in [0.717, 1.165) is 12.8 Å². The summed E-state index contributed by atoms with van der Waals surface area (Å²) in [6.45, 7) is 0. The number of likely N-dealkylation sites (N-methyl/N-ethyl adjacent to an activating group) is 1. The second kappa shape index (κ2) is 3.83. The van der Waals surface area contributed by atoms with Crippen molar-refractivity contribution in [2.45, 2.75) is 24.8 Å². The fourth-order valence-electron chi connectivity index (χ4n) is 1.90. The second-order valence-corrected chi connectivity index (χ2v) is 4.20. The van der Waals surface area contributed by atoms with Crippen LogP contribution in [0.1, 0.15) is 18.4 Å². The fourth-order valence-corrected chi connectivity index (χ4v) is 1.90. The average Bonchev–Trinajstić information content (AvgIpc) is 3.01. The molecule has 5 heteroatoms. The molecule has 0 radical (unpaired) electrons. The zero-order valence-electron chi connectivity index (χ0n) is 9.00. The molecule has 0 atom stereocenters. The highest BCUT2D eigenvalue weighted by molar-refractivity contribution is 5.42. The molecule has 1 N–H and O–H groups in total. The van der Waals surface area contributed by atoms with E-state index in [4.69, 9.17) is 0 Å². The fraction of sp³-hybridized carbons (Fsp3) is 0.455. The van der Waals surface area contributed by atoms with Crippen LogP contribution in [0.3, 0.4) is 0 Å². The smallest absolute Gasteiger partial charge is 0.275 e. The Morgan fingerprint density at radius 3 is 2.75 bits per heavy atom. The molecule has 1 saturated carbocycles. The number of nitro benzene ring substituents is 1. The van der Waals surface area contributed by atoms with Crippen LogP contribution < -0.4 is 5.32 Å². The summed E-state index contributed by atoms with van der Waals surface area (Å²) in [7, 11) is 1.81. The summed E-state index contributed by atoms with van der Waals surface area (Å²) in [5.41, 5.74) is -0.0478. The lowest BCUT2D eigenvalue weighted by atomic mass is 10.0. The number of nitrogens with zero attached hydrogens (tertiary/aromatic N) is 1. The van der Waals surface area contributed by atoms with Gasteiger partial charge in [-0.05, 0) is 26.0 Å². The largest absolute Gasteiger partial charge is 0.314 e. The number of hydrogen-bond donors (Lipinski definition) is 1. The van der Waals surface area contributed by atoms with Gasteiger partial charge in [-0.3, -0.25) is 10.1 Å². The van der Waals surface area contributed by atoms with Crippen LogP contribution in [0.25, 0.3) is 0 Å². The molecule has 0 saturated heterocycles. The Labute approximate surface area is 92.6 Å². The van der Waals surface area contributed by atoms with Gasteiger partial charge >= 0.3 is 0 Å². The third-order valence-electron chi connectivity index (χ3n) is 3.19. The van der Waals surface area contributed by atoms with E-state index in [-0.39, 0.29) is 16.8 Å². The number of halogens is 1. The average molecular weight is 224 g/mol. The van der Waals surface area contributed by atoms with Crippen molar-refractivity contribution in [2.24, 2.45) is 0 Å². The molecule has 0 aromatic heterocycles. The normalized spacial score (nSPS) is 17.1. The molecule has 0 aliphatic heterocycles. The molecule has 2 rings (SSSR count). The molecular formula is C11H13FN2O2. The molecular weight excluding hydrogens is 211 g/mol. The zero-order chi connectivity index (χ0) is 11.8. The van der Waals surface area contributed by atoms with Crippen molar-refractivity contribution in [2.75, 3.05) is 7.05 Å². The van der Waals surface area contributed by atoms with Crippen molar-refractivity contribution >= 4 is 5.69 Å². The molecule has 1 aromatic carbocycles. The summed E-state index contributed by atoms with van der Waals surface area (Å²) >= 11 is 0. The van der Waals surface area contributed by atoms with Crippen molar-refractivity contribution in [1.82, 2.24) is 5.32 Å². The molecule has 0 spiro atoms. The van der Waals surface area contributed by atoms with E-state index in [1.807, 2.05) is 0 Å². The van der Waals surface area contributed by atoms with Gasteiger partial charge in [0, 0.05) is 18.0 Å². The van der Waals surface area contributed by atoms with Crippen LogP contribution in [0.2, 0.25) is 0 Å². The summed E-state index contributed by atoms with van der Waals surface area (Å²) < 4.78 is 13.6. The quantitative estimate of drug-likeness (QED) is 0.628. The Balaban J connectivity index is 2.35. The van der Waals surface area contributed by atoms with E-state index in [2.05, 4.69) is 5.32 Å². The van der Waals surface area contributed by atoms with Crippen LogP contribution in [0, 0.1) is 15.9 Å². The van der Waals surface area contributed by atoms with Crippen LogP contribution in [0.15, 0.2) is 18.2 Å². The minimum atomic E-state index is -0.524. The van der Waals surface area contributed by atoms with E-state index in [9.17, 15) is 14.5 Å². The van der Waals surface area contributed by atoms with Crippen molar-refractivity contribution < 1.29 is 9.31 Å². The van der Waals surface area contributed by atoms with E-state index >= 15 is 0 Å². The molecule has 86 valence electrons. The molecule has 1 fully saturated rings. The molecule has 0 unspecified atom stereocenters. The lowest BCUT2D eigenvalue weighted by molar-refractivity contribution is -0.385. The zero-order valence-corrected chi connectivity index (χ0v) is 9.00. The van der Waals surface area contributed by atoms with E-state index < -0.39 is 10.7 Å². The van der Waals surface area contributed by atoms with Gasteiger partial charge in [0.2, 0.25) is 0 Å². The van der Waals surface area contributed by atoms with Crippen LogP contribution in [-0.4, -0.2) is 17.5 Å². The summed E-state index contributed by atoms with van der Waals surface area (Å²) in [6, 6.07) is 3.99. The maximum absolute atomic E-state index is 13.6. The summed E-state index contributed by atoms with van der Waals surface area (Å²) in [6.07, 6.45) is 2.26.